The van der Waals surface area contributed by atoms with Crippen LogP contribution in [0.15, 0.2) is 30.3 Å². The first-order valence-corrected chi connectivity index (χ1v) is 5.28. The number of carbonyl (C=O) groups excluding carboxylic acids is 2. The van der Waals surface area contributed by atoms with Gasteiger partial charge in [0.15, 0.2) is 0 Å². The van der Waals surface area contributed by atoms with Crippen LogP contribution in [0.2, 0.25) is 5.02 Å². The van der Waals surface area contributed by atoms with Crippen molar-refractivity contribution in [3.05, 3.63) is 40.9 Å². The molecule has 0 spiro atoms. The molecule has 5 heteroatoms. The summed E-state index contributed by atoms with van der Waals surface area (Å²) >= 11 is 5.90. The average molecular weight is 254 g/mol. The molecule has 0 unspecified atom stereocenters. The van der Waals surface area contributed by atoms with Gasteiger partial charge in [-0.05, 0) is 17.7 Å². The van der Waals surface area contributed by atoms with Crippen LogP contribution in [0.3, 0.4) is 0 Å². The summed E-state index contributed by atoms with van der Waals surface area (Å²) in [7, 11) is 1.26. The Hall–Kier alpha value is -1.81. The van der Waals surface area contributed by atoms with Crippen LogP contribution in [-0.2, 0) is 14.3 Å². The van der Waals surface area contributed by atoms with E-state index in [1.54, 1.807) is 24.3 Å². The predicted molar refractivity (Wildman–Crippen MR) is 65.5 cm³/mol. The number of esters is 1. The first-order chi connectivity index (χ1) is 8.13. The molecule has 1 aromatic rings. The lowest BCUT2D eigenvalue weighted by atomic mass is 10.2. The van der Waals surface area contributed by atoms with Gasteiger partial charge >= 0.3 is 5.97 Å². The largest absolute Gasteiger partial charge is 0.468 e. The van der Waals surface area contributed by atoms with Crippen molar-refractivity contribution >= 4 is 29.6 Å². The van der Waals surface area contributed by atoms with Crippen LogP contribution >= 0.6 is 11.6 Å². The molecule has 17 heavy (non-hydrogen) atoms. The Morgan fingerprint density at radius 1 is 1.41 bits per heavy atom. The summed E-state index contributed by atoms with van der Waals surface area (Å²) in [6.07, 6.45) is 2.89. The fraction of sp³-hybridized carbons (Fsp3) is 0.167. The molecule has 0 atom stereocenters. The van der Waals surface area contributed by atoms with Crippen molar-refractivity contribution in [1.82, 2.24) is 5.32 Å². The number of benzene rings is 1. The highest BCUT2D eigenvalue weighted by molar-refractivity contribution is 6.32. The maximum atomic E-state index is 11.3. The van der Waals surface area contributed by atoms with E-state index in [9.17, 15) is 9.59 Å². The molecule has 1 aromatic carbocycles. The fourth-order valence-electron chi connectivity index (χ4n) is 1.07. The Bertz CT molecular complexity index is 443. The molecule has 0 aliphatic carbocycles. The van der Waals surface area contributed by atoms with Crippen LogP contribution in [0.5, 0.6) is 0 Å². The van der Waals surface area contributed by atoms with E-state index in [1.807, 2.05) is 6.07 Å². The highest BCUT2D eigenvalue weighted by Gasteiger charge is 2.01. The van der Waals surface area contributed by atoms with E-state index in [0.717, 1.165) is 5.56 Å². The van der Waals surface area contributed by atoms with Crippen molar-refractivity contribution in [2.75, 3.05) is 13.7 Å². The molecule has 0 radical (unpaired) electrons. The molecule has 0 fully saturated rings. The summed E-state index contributed by atoms with van der Waals surface area (Å²) < 4.78 is 4.38. The molecule has 0 saturated heterocycles. The normalized spacial score (nSPS) is 10.2. The molecule has 90 valence electrons. The zero-order valence-corrected chi connectivity index (χ0v) is 10.0. The molecular weight excluding hydrogens is 242 g/mol. The number of rotatable bonds is 4. The first-order valence-electron chi connectivity index (χ1n) is 4.90. The van der Waals surface area contributed by atoms with Gasteiger partial charge in [-0.1, -0.05) is 29.8 Å². The molecule has 0 aliphatic heterocycles. The van der Waals surface area contributed by atoms with E-state index in [4.69, 9.17) is 11.6 Å². The third kappa shape index (κ3) is 4.70. The van der Waals surface area contributed by atoms with Gasteiger partial charge in [0, 0.05) is 11.1 Å². The fourth-order valence-corrected chi connectivity index (χ4v) is 1.26. The summed E-state index contributed by atoms with van der Waals surface area (Å²) in [5.74, 6) is -0.875. The minimum Gasteiger partial charge on any atom is -0.468 e. The Morgan fingerprint density at radius 2 is 2.12 bits per heavy atom. The van der Waals surface area contributed by atoms with E-state index in [2.05, 4.69) is 10.1 Å². The van der Waals surface area contributed by atoms with Crippen LogP contribution in [0.25, 0.3) is 6.08 Å². The zero-order valence-electron chi connectivity index (χ0n) is 9.27. The monoisotopic (exact) mass is 253 g/mol. The number of carbonyl (C=O) groups is 2. The minimum atomic E-state index is -0.496. The van der Waals surface area contributed by atoms with Crippen LogP contribution < -0.4 is 5.32 Å². The lowest BCUT2D eigenvalue weighted by Gasteiger charge is -2.00. The van der Waals surface area contributed by atoms with Gasteiger partial charge in [0.25, 0.3) is 0 Å². The van der Waals surface area contributed by atoms with Gasteiger partial charge in [0.1, 0.15) is 6.54 Å². The van der Waals surface area contributed by atoms with Gasteiger partial charge in [0.2, 0.25) is 5.91 Å². The molecule has 1 rings (SSSR count). The van der Waals surface area contributed by atoms with Gasteiger partial charge in [-0.2, -0.15) is 0 Å². The predicted octanol–water partition coefficient (Wildman–Crippen LogP) is 1.64. The SMILES string of the molecule is COC(=O)CNC(=O)/C=C/c1ccccc1Cl. The van der Waals surface area contributed by atoms with Crippen molar-refractivity contribution < 1.29 is 14.3 Å². The third-order valence-electron chi connectivity index (χ3n) is 1.95. The summed E-state index contributed by atoms with van der Waals surface area (Å²) in [6.45, 7) is -0.151. The van der Waals surface area contributed by atoms with E-state index < -0.39 is 5.97 Å². The van der Waals surface area contributed by atoms with E-state index in [1.165, 1.54) is 13.2 Å². The topological polar surface area (TPSA) is 55.4 Å². The average Bonchev–Trinajstić information content (AvgIpc) is 2.35. The lowest BCUT2D eigenvalue weighted by Crippen LogP contribution is -2.28. The lowest BCUT2D eigenvalue weighted by molar-refractivity contribution is -0.140. The van der Waals surface area contributed by atoms with Crippen molar-refractivity contribution in [3.63, 3.8) is 0 Å². The molecule has 0 heterocycles. The van der Waals surface area contributed by atoms with Crippen molar-refractivity contribution in [3.8, 4) is 0 Å². The number of ether oxygens (including phenoxy) is 1. The molecule has 0 saturated carbocycles. The maximum absolute atomic E-state index is 11.3. The Balaban J connectivity index is 2.51. The van der Waals surface area contributed by atoms with Gasteiger partial charge in [0.05, 0.1) is 7.11 Å². The maximum Gasteiger partial charge on any atom is 0.325 e. The summed E-state index contributed by atoms with van der Waals surface area (Å²) in [5, 5.41) is 2.94. The van der Waals surface area contributed by atoms with Crippen molar-refractivity contribution in [2.45, 2.75) is 0 Å². The van der Waals surface area contributed by atoms with Gasteiger partial charge in [-0.3, -0.25) is 9.59 Å². The summed E-state index contributed by atoms with van der Waals surface area (Å²) in [5.41, 5.74) is 0.738. The number of hydrogen-bond donors (Lipinski definition) is 1. The van der Waals surface area contributed by atoms with Crippen LogP contribution in [0, 0.1) is 0 Å². The smallest absolute Gasteiger partial charge is 0.325 e. The second-order valence-corrected chi connectivity index (χ2v) is 3.56. The molecule has 0 aliphatic rings. The molecule has 4 nitrogen and oxygen atoms in total. The Labute approximate surface area is 104 Å². The van der Waals surface area contributed by atoms with Gasteiger partial charge in [-0.15, -0.1) is 0 Å². The molecule has 1 amide bonds. The van der Waals surface area contributed by atoms with Crippen LogP contribution in [-0.4, -0.2) is 25.5 Å². The second kappa shape index (κ2) is 6.70. The van der Waals surface area contributed by atoms with E-state index >= 15 is 0 Å². The van der Waals surface area contributed by atoms with Crippen molar-refractivity contribution in [2.24, 2.45) is 0 Å². The van der Waals surface area contributed by atoms with Gasteiger partial charge < -0.3 is 10.1 Å². The summed E-state index contributed by atoms with van der Waals surface area (Å²) in [6, 6.07) is 7.13. The number of methoxy groups -OCH3 is 1. The second-order valence-electron chi connectivity index (χ2n) is 3.15. The van der Waals surface area contributed by atoms with Crippen LogP contribution in [0.4, 0.5) is 0 Å². The first kappa shape index (κ1) is 13.3. The minimum absolute atomic E-state index is 0.151. The van der Waals surface area contributed by atoms with E-state index in [-0.39, 0.29) is 12.5 Å². The van der Waals surface area contributed by atoms with E-state index in [0.29, 0.717) is 5.02 Å². The third-order valence-corrected chi connectivity index (χ3v) is 2.30. The molecule has 0 aromatic heterocycles. The Morgan fingerprint density at radius 3 is 2.76 bits per heavy atom. The summed E-state index contributed by atoms with van der Waals surface area (Å²) in [4.78, 5) is 22.1. The quantitative estimate of drug-likeness (QED) is 0.656. The number of nitrogens with one attached hydrogen (secondary N) is 1. The molecule has 0 bridgehead atoms. The van der Waals surface area contributed by atoms with Crippen LogP contribution in [0.1, 0.15) is 5.56 Å². The van der Waals surface area contributed by atoms with Gasteiger partial charge in [-0.25, -0.2) is 0 Å². The molecular formula is C12H12ClNO3. The number of halogens is 1. The number of amides is 1. The molecule has 1 N–H and O–H groups in total. The number of hydrogen-bond acceptors (Lipinski definition) is 3. The highest BCUT2D eigenvalue weighted by Crippen LogP contribution is 2.15. The Kier molecular flexibility index (Phi) is 5.23. The standard InChI is InChI=1S/C12H12ClNO3/c1-17-12(16)8-14-11(15)7-6-9-4-2-3-5-10(9)13/h2-7H,8H2,1H3,(H,14,15)/b7-6+. The van der Waals surface area contributed by atoms with Crippen molar-refractivity contribution in [1.29, 1.82) is 0 Å². The highest BCUT2D eigenvalue weighted by atomic mass is 35.5. The zero-order chi connectivity index (χ0) is 12.7.